The maximum atomic E-state index is 5.79. The number of nitrogens with two attached hydrogens (primary N) is 1. The summed E-state index contributed by atoms with van der Waals surface area (Å²) in [6, 6.07) is -0.0958. The first-order valence-corrected chi connectivity index (χ1v) is 5.24. The highest BCUT2D eigenvalue weighted by molar-refractivity contribution is 6.30. The number of methoxy groups -OCH3 is 1. The van der Waals surface area contributed by atoms with Crippen LogP contribution in [0.25, 0.3) is 5.95 Å². The molecule has 0 unspecified atom stereocenters. The van der Waals surface area contributed by atoms with E-state index < -0.39 is 0 Å². The van der Waals surface area contributed by atoms with E-state index in [4.69, 9.17) is 22.1 Å². The predicted molar refractivity (Wildman–Crippen MR) is 61.1 cm³/mol. The molecule has 7 nitrogen and oxygen atoms in total. The van der Waals surface area contributed by atoms with Crippen LogP contribution in [-0.4, -0.2) is 31.8 Å². The molecule has 2 N–H and O–H groups in total. The molecule has 0 fully saturated rings. The van der Waals surface area contributed by atoms with E-state index >= 15 is 0 Å². The predicted octanol–water partition coefficient (Wildman–Crippen LogP) is 0.739. The van der Waals surface area contributed by atoms with Crippen LogP contribution >= 0.6 is 11.6 Å². The Bertz CT molecular complexity index is 509. The van der Waals surface area contributed by atoms with Gasteiger partial charge in [0.1, 0.15) is 0 Å². The largest absolute Gasteiger partial charge is 0.466 e. The molecule has 0 radical (unpaired) electrons. The standard InChI is InChI=1S/C9H11ClN6O/c1-5(11)7-14-9(17-2)15-16(7)8-12-3-6(10)4-13-8/h3-5H,11H2,1-2H3/t5-/m0/s1. The van der Waals surface area contributed by atoms with Gasteiger partial charge in [-0.1, -0.05) is 11.6 Å². The van der Waals surface area contributed by atoms with Crippen LogP contribution in [0.15, 0.2) is 12.4 Å². The Balaban J connectivity index is 2.49. The van der Waals surface area contributed by atoms with Gasteiger partial charge in [-0.2, -0.15) is 9.67 Å². The first-order chi connectivity index (χ1) is 8.11. The molecule has 0 aliphatic heterocycles. The summed E-state index contributed by atoms with van der Waals surface area (Å²) in [5, 5.41) is 4.53. The van der Waals surface area contributed by atoms with Crippen molar-refractivity contribution < 1.29 is 4.74 Å². The Hall–Kier alpha value is -1.73. The second kappa shape index (κ2) is 4.64. The van der Waals surface area contributed by atoms with Gasteiger partial charge in [-0.15, -0.1) is 5.10 Å². The number of nitrogens with zero attached hydrogens (tertiary/aromatic N) is 5. The van der Waals surface area contributed by atoms with Gasteiger partial charge in [0.2, 0.25) is 0 Å². The van der Waals surface area contributed by atoms with Crippen LogP contribution in [-0.2, 0) is 0 Å². The lowest BCUT2D eigenvalue weighted by molar-refractivity contribution is 0.379. The van der Waals surface area contributed by atoms with Gasteiger partial charge in [0.15, 0.2) is 5.82 Å². The molecular formula is C9H11ClN6O. The molecule has 1 atom stereocenters. The Morgan fingerprint density at radius 3 is 2.59 bits per heavy atom. The fourth-order valence-corrected chi connectivity index (χ4v) is 1.35. The van der Waals surface area contributed by atoms with Crippen LogP contribution in [0.3, 0.4) is 0 Å². The number of ether oxygens (including phenoxy) is 1. The molecule has 8 heteroatoms. The minimum Gasteiger partial charge on any atom is -0.466 e. The van der Waals surface area contributed by atoms with Crippen molar-refractivity contribution >= 4 is 11.6 Å². The van der Waals surface area contributed by atoms with Gasteiger partial charge >= 0.3 is 6.01 Å². The fraction of sp³-hybridized carbons (Fsp3) is 0.333. The first kappa shape index (κ1) is 11.7. The zero-order valence-electron chi connectivity index (χ0n) is 9.33. The average molecular weight is 255 g/mol. The average Bonchev–Trinajstić information content (AvgIpc) is 2.74. The minimum absolute atomic E-state index is 0.218. The summed E-state index contributed by atoms with van der Waals surface area (Å²) in [6.07, 6.45) is 2.95. The van der Waals surface area contributed by atoms with Crippen LogP contribution < -0.4 is 10.5 Å². The smallest absolute Gasteiger partial charge is 0.335 e. The zero-order valence-corrected chi connectivity index (χ0v) is 10.1. The molecule has 0 saturated carbocycles. The van der Waals surface area contributed by atoms with Crippen LogP contribution in [0.1, 0.15) is 18.8 Å². The first-order valence-electron chi connectivity index (χ1n) is 4.86. The van der Waals surface area contributed by atoms with Crippen molar-refractivity contribution in [2.75, 3.05) is 7.11 Å². The van der Waals surface area contributed by atoms with Gasteiger partial charge in [-0.25, -0.2) is 9.97 Å². The molecule has 0 spiro atoms. The summed E-state index contributed by atoms with van der Waals surface area (Å²) in [5.41, 5.74) is 5.79. The number of rotatable bonds is 3. The Morgan fingerprint density at radius 2 is 2.06 bits per heavy atom. The van der Waals surface area contributed by atoms with Crippen LogP contribution in [0, 0.1) is 0 Å². The van der Waals surface area contributed by atoms with Crippen molar-refractivity contribution in [2.45, 2.75) is 13.0 Å². The van der Waals surface area contributed by atoms with Gasteiger partial charge in [0.05, 0.1) is 30.6 Å². The van der Waals surface area contributed by atoms with Gasteiger partial charge in [-0.05, 0) is 6.92 Å². The lowest BCUT2D eigenvalue weighted by atomic mass is 10.3. The van der Waals surface area contributed by atoms with Crippen LogP contribution in [0.5, 0.6) is 6.01 Å². The van der Waals surface area contributed by atoms with Crippen LogP contribution in [0.4, 0.5) is 0 Å². The Morgan fingerprint density at radius 1 is 1.41 bits per heavy atom. The van der Waals surface area contributed by atoms with Crippen molar-refractivity contribution in [3.05, 3.63) is 23.2 Å². The molecule has 0 aliphatic carbocycles. The second-order valence-corrected chi connectivity index (χ2v) is 3.79. The molecule has 90 valence electrons. The quantitative estimate of drug-likeness (QED) is 0.869. The molecular weight excluding hydrogens is 244 g/mol. The van der Waals surface area contributed by atoms with Gasteiger partial charge in [0.25, 0.3) is 5.95 Å². The number of hydrogen-bond acceptors (Lipinski definition) is 6. The van der Waals surface area contributed by atoms with Crippen molar-refractivity contribution in [2.24, 2.45) is 5.73 Å². The molecule has 0 aliphatic rings. The summed E-state index contributed by atoms with van der Waals surface area (Å²) in [5.74, 6) is 0.863. The molecule has 0 amide bonds. The van der Waals surface area contributed by atoms with E-state index in [0.29, 0.717) is 16.8 Å². The highest BCUT2D eigenvalue weighted by Gasteiger charge is 2.16. The molecule has 0 saturated heterocycles. The second-order valence-electron chi connectivity index (χ2n) is 3.36. The summed E-state index contributed by atoms with van der Waals surface area (Å²) in [4.78, 5) is 12.2. The summed E-state index contributed by atoms with van der Waals surface area (Å²) >= 11 is 5.71. The van der Waals surface area contributed by atoms with E-state index in [9.17, 15) is 0 Å². The molecule has 2 rings (SSSR count). The van der Waals surface area contributed by atoms with E-state index in [0.717, 1.165) is 0 Å². The summed E-state index contributed by atoms with van der Waals surface area (Å²) < 4.78 is 6.38. The topological polar surface area (TPSA) is 91.7 Å². The molecule has 0 aromatic carbocycles. The summed E-state index contributed by atoms with van der Waals surface area (Å²) in [7, 11) is 1.48. The maximum Gasteiger partial charge on any atom is 0.335 e. The highest BCUT2D eigenvalue weighted by Crippen LogP contribution is 2.15. The number of aromatic nitrogens is 5. The molecule has 0 bridgehead atoms. The lowest BCUT2D eigenvalue weighted by Gasteiger charge is -2.05. The minimum atomic E-state index is -0.314. The van der Waals surface area contributed by atoms with E-state index in [1.807, 2.05) is 0 Å². The van der Waals surface area contributed by atoms with E-state index in [1.54, 1.807) is 6.92 Å². The maximum absolute atomic E-state index is 5.79. The molecule has 17 heavy (non-hydrogen) atoms. The van der Waals surface area contributed by atoms with Gasteiger partial charge in [-0.3, -0.25) is 0 Å². The van der Waals surface area contributed by atoms with Crippen LogP contribution in [0.2, 0.25) is 5.02 Å². The molecule has 2 aromatic rings. The van der Waals surface area contributed by atoms with Crippen molar-refractivity contribution in [3.63, 3.8) is 0 Å². The monoisotopic (exact) mass is 254 g/mol. The van der Waals surface area contributed by atoms with E-state index in [-0.39, 0.29) is 12.1 Å². The fourth-order valence-electron chi connectivity index (χ4n) is 1.25. The number of halogens is 1. The SMILES string of the molecule is COc1nc([C@H](C)N)n(-c2ncc(Cl)cn2)n1. The summed E-state index contributed by atoms with van der Waals surface area (Å²) in [6.45, 7) is 1.79. The number of hydrogen-bond donors (Lipinski definition) is 1. The Kier molecular flexibility index (Phi) is 3.21. The van der Waals surface area contributed by atoms with Crippen molar-refractivity contribution in [1.29, 1.82) is 0 Å². The normalized spacial score (nSPS) is 12.5. The molecule has 2 heterocycles. The third kappa shape index (κ3) is 2.34. The lowest BCUT2D eigenvalue weighted by Crippen LogP contribution is -2.15. The third-order valence-electron chi connectivity index (χ3n) is 2.00. The van der Waals surface area contributed by atoms with Crippen molar-refractivity contribution in [3.8, 4) is 12.0 Å². The third-order valence-corrected chi connectivity index (χ3v) is 2.19. The van der Waals surface area contributed by atoms with Gasteiger partial charge < -0.3 is 10.5 Å². The zero-order chi connectivity index (χ0) is 12.4. The highest BCUT2D eigenvalue weighted by atomic mass is 35.5. The van der Waals surface area contributed by atoms with E-state index in [1.165, 1.54) is 24.2 Å². The van der Waals surface area contributed by atoms with Crippen molar-refractivity contribution in [1.82, 2.24) is 24.7 Å². The molecule has 2 aromatic heterocycles. The Labute approximate surface area is 103 Å². The van der Waals surface area contributed by atoms with E-state index in [2.05, 4.69) is 20.1 Å². The van der Waals surface area contributed by atoms with Gasteiger partial charge in [0, 0.05) is 0 Å².